The maximum atomic E-state index is 10.6. The Morgan fingerprint density at radius 3 is 1.69 bits per heavy atom. The first-order valence-corrected chi connectivity index (χ1v) is 3.93. The van der Waals surface area contributed by atoms with Crippen molar-refractivity contribution in [2.24, 2.45) is 0 Å². The van der Waals surface area contributed by atoms with Gasteiger partial charge in [0.25, 0.3) is 5.69 Å². The molecule has 9 nitrogen and oxygen atoms in total. The lowest BCUT2D eigenvalue weighted by atomic mass is 10.1. The molecule has 1 rings (SSSR count). The minimum atomic E-state index is -1.000. The Labute approximate surface area is 87.8 Å². The van der Waals surface area contributed by atoms with Gasteiger partial charge in [-0.15, -0.1) is 0 Å². The van der Waals surface area contributed by atoms with E-state index in [-0.39, 0.29) is 5.56 Å². The molecule has 0 amide bonds. The minimum Gasteiger partial charge on any atom is -0.258 e. The van der Waals surface area contributed by atoms with Crippen LogP contribution >= 0.6 is 0 Å². The Morgan fingerprint density at radius 2 is 1.31 bits per heavy atom. The van der Waals surface area contributed by atoms with Crippen LogP contribution in [0.3, 0.4) is 0 Å². The second-order valence-electron chi connectivity index (χ2n) is 2.85. The highest BCUT2D eigenvalue weighted by atomic mass is 16.6. The molecule has 0 fully saturated rings. The monoisotopic (exact) mass is 227 g/mol. The molecule has 0 saturated heterocycles. The van der Waals surface area contributed by atoms with Crippen LogP contribution < -0.4 is 0 Å². The van der Waals surface area contributed by atoms with Crippen LogP contribution in [0.4, 0.5) is 17.1 Å². The molecule has 0 aromatic heterocycles. The average Bonchev–Trinajstić information content (AvgIpc) is 2.15. The molecule has 0 N–H and O–H groups in total. The van der Waals surface area contributed by atoms with E-state index in [0.717, 1.165) is 19.1 Å². The molecule has 0 aliphatic rings. The SMILES string of the molecule is Cc1c([N+](=O)[O-])ccc([N+](=O)[O-])c1[N+](=O)[O-]. The summed E-state index contributed by atoms with van der Waals surface area (Å²) in [5, 5.41) is 31.6. The Kier molecular flexibility index (Phi) is 2.79. The third kappa shape index (κ3) is 1.78. The lowest BCUT2D eigenvalue weighted by Crippen LogP contribution is -2.01. The Balaban J connectivity index is 3.60. The number of hydrogen-bond donors (Lipinski definition) is 0. The maximum Gasteiger partial charge on any atom is 0.355 e. The van der Waals surface area contributed by atoms with Crippen molar-refractivity contribution in [2.75, 3.05) is 0 Å². The van der Waals surface area contributed by atoms with E-state index in [0.29, 0.717) is 0 Å². The molecule has 0 atom stereocenters. The first kappa shape index (κ1) is 11.5. The normalized spacial score (nSPS) is 9.81. The van der Waals surface area contributed by atoms with Crippen molar-refractivity contribution in [1.82, 2.24) is 0 Å². The molecule has 0 saturated carbocycles. The van der Waals surface area contributed by atoms with Crippen molar-refractivity contribution in [2.45, 2.75) is 6.92 Å². The largest absolute Gasteiger partial charge is 0.355 e. The zero-order valence-corrected chi connectivity index (χ0v) is 7.95. The van der Waals surface area contributed by atoms with Crippen LogP contribution in [0.1, 0.15) is 5.56 Å². The molecule has 84 valence electrons. The maximum absolute atomic E-state index is 10.6. The summed E-state index contributed by atoms with van der Waals surface area (Å²) >= 11 is 0. The highest BCUT2D eigenvalue weighted by Crippen LogP contribution is 2.35. The van der Waals surface area contributed by atoms with Crippen molar-refractivity contribution in [1.29, 1.82) is 0 Å². The third-order valence-corrected chi connectivity index (χ3v) is 1.96. The van der Waals surface area contributed by atoms with Crippen molar-refractivity contribution in [3.63, 3.8) is 0 Å². The zero-order valence-electron chi connectivity index (χ0n) is 7.95. The molecule has 0 aliphatic carbocycles. The van der Waals surface area contributed by atoms with Gasteiger partial charge in [0, 0.05) is 12.1 Å². The van der Waals surface area contributed by atoms with E-state index in [2.05, 4.69) is 0 Å². The van der Waals surface area contributed by atoms with Crippen LogP contribution in [-0.4, -0.2) is 14.8 Å². The first-order chi connectivity index (χ1) is 7.36. The van der Waals surface area contributed by atoms with Gasteiger partial charge in [-0.05, 0) is 6.92 Å². The van der Waals surface area contributed by atoms with Crippen molar-refractivity contribution < 1.29 is 14.8 Å². The Morgan fingerprint density at radius 1 is 0.875 bits per heavy atom. The van der Waals surface area contributed by atoms with E-state index in [9.17, 15) is 30.3 Å². The molecule has 1 aromatic rings. The summed E-state index contributed by atoms with van der Waals surface area (Å²) in [6.07, 6.45) is 0. The van der Waals surface area contributed by atoms with Gasteiger partial charge in [0.15, 0.2) is 0 Å². The fourth-order valence-corrected chi connectivity index (χ4v) is 1.25. The molecule has 0 radical (unpaired) electrons. The van der Waals surface area contributed by atoms with Crippen LogP contribution in [0.5, 0.6) is 0 Å². The molecule has 9 heteroatoms. The van der Waals surface area contributed by atoms with Crippen LogP contribution in [0.2, 0.25) is 0 Å². The van der Waals surface area contributed by atoms with E-state index in [1.165, 1.54) is 0 Å². The second-order valence-corrected chi connectivity index (χ2v) is 2.85. The molecule has 0 spiro atoms. The fourth-order valence-electron chi connectivity index (χ4n) is 1.25. The van der Waals surface area contributed by atoms with Gasteiger partial charge in [0.05, 0.1) is 14.8 Å². The average molecular weight is 227 g/mol. The van der Waals surface area contributed by atoms with Gasteiger partial charge in [-0.2, -0.15) is 0 Å². The van der Waals surface area contributed by atoms with Gasteiger partial charge >= 0.3 is 11.4 Å². The van der Waals surface area contributed by atoms with Gasteiger partial charge in [-0.1, -0.05) is 0 Å². The number of nitro groups is 3. The minimum absolute atomic E-state index is 0.329. The van der Waals surface area contributed by atoms with E-state index in [4.69, 9.17) is 0 Å². The lowest BCUT2D eigenvalue weighted by Gasteiger charge is -1.99. The van der Waals surface area contributed by atoms with Crippen molar-refractivity contribution in [3.8, 4) is 0 Å². The standard InChI is InChI=1S/C7H5N3O6/c1-4-5(8(11)12)2-3-6(9(13)14)7(4)10(15)16/h2-3H,1H3. The van der Waals surface area contributed by atoms with Gasteiger partial charge < -0.3 is 0 Å². The number of rotatable bonds is 3. The van der Waals surface area contributed by atoms with E-state index in [1.54, 1.807) is 0 Å². The van der Waals surface area contributed by atoms with Gasteiger partial charge in [-0.25, -0.2) is 0 Å². The molecule has 0 bridgehead atoms. The third-order valence-electron chi connectivity index (χ3n) is 1.96. The van der Waals surface area contributed by atoms with Gasteiger partial charge in [-0.3, -0.25) is 30.3 Å². The second kappa shape index (κ2) is 3.88. The summed E-state index contributed by atoms with van der Waals surface area (Å²) in [4.78, 5) is 28.8. The number of nitrogens with zero attached hydrogens (tertiary/aromatic N) is 3. The van der Waals surface area contributed by atoms with Gasteiger partial charge in [0.1, 0.15) is 5.56 Å². The van der Waals surface area contributed by atoms with Crippen LogP contribution in [0.25, 0.3) is 0 Å². The molecule has 1 aromatic carbocycles. The van der Waals surface area contributed by atoms with E-state index >= 15 is 0 Å². The topological polar surface area (TPSA) is 129 Å². The number of nitro benzene ring substituents is 3. The molecule has 0 unspecified atom stereocenters. The van der Waals surface area contributed by atoms with Gasteiger partial charge in [0.2, 0.25) is 0 Å². The molecular formula is C7H5N3O6. The van der Waals surface area contributed by atoms with E-state index < -0.39 is 31.8 Å². The zero-order chi connectivity index (χ0) is 12.5. The Hall–Kier alpha value is -2.58. The number of hydrogen-bond acceptors (Lipinski definition) is 6. The molecule has 16 heavy (non-hydrogen) atoms. The molecule has 0 heterocycles. The van der Waals surface area contributed by atoms with E-state index in [1.807, 2.05) is 0 Å². The lowest BCUT2D eigenvalue weighted by molar-refractivity contribution is -0.425. The van der Waals surface area contributed by atoms with Crippen LogP contribution in [0, 0.1) is 37.3 Å². The summed E-state index contributed by atoms with van der Waals surface area (Å²) in [6.45, 7) is 1.10. The Bertz CT molecular complexity index is 497. The summed E-state index contributed by atoms with van der Waals surface area (Å²) in [6, 6.07) is 1.63. The quantitative estimate of drug-likeness (QED) is 0.570. The predicted octanol–water partition coefficient (Wildman–Crippen LogP) is 1.72. The number of benzene rings is 1. The summed E-state index contributed by atoms with van der Waals surface area (Å²) in [5.41, 5.74) is -2.45. The highest BCUT2D eigenvalue weighted by Gasteiger charge is 2.32. The highest BCUT2D eigenvalue weighted by molar-refractivity contribution is 5.64. The summed E-state index contributed by atoms with van der Waals surface area (Å²) in [5.74, 6) is 0. The summed E-state index contributed by atoms with van der Waals surface area (Å²) in [7, 11) is 0. The van der Waals surface area contributed by atoms with Crippen molar-refractivity contribution in [3.05, 3.63) is 48.0 Å². The molecular weight excluding hydrogens is 222 g/mol. The smallest absolute Gasteiger partial charge is 0.258 e. The van der Waals surface area contributed by atoms with Crippen molar-refractivity contribution >= 4 is 17.1 Å². The fraction of sp³-hybridized carbons (Fsp3) is 0.143. The predicted molar refractivity (Wildman–Crippen MR) is 51.1 cm³/mol. The van der Waals surface area contributed by atoms with Crippen LogP contribution in [0.15, 0.2) is 12.1 Å². The molecule has 0 aliphatic heterocycles. The van der Waals surface area contributed by atoms with Crippen LogP contribution in [-0.2, 0) is 0 Å². The first-order valence-electron chi connectivity index (χ1n) is 3.93. The summed E-state index contributed by atoms with van der Waals surface area (Å²) < 4.78 is 0.